The number of carboxylic acid groups (broad SMARTS) is 1. The van der Waals surface area contributed by atoms with E-state index in [0.29, 0.717) is 0 Å². The monoisotopic (exact) mass is 299 g/mol. The molecule has 3 rings (SSSR count). The molecule has 1 aliphatic rings. The van der Waals surface area contributed by atoms with Crippen LogP contribution in [0.1, 0.15) is 50.9 Å². The highest BCUT2D eigenvalue weighted by Gasteiger charge is 2.26. The number of fused-ring (bicyclic) bond motifs is 1. The summed E-state index contributed by atoms with van der Waals surface area (Å²) in [7, 11) is 1.89. The second-order valence-corrected chi connectivity index (χ2v) is 5.44. The van der Waals surface area contributed by atoms with Gasteiger partial charge in [-0.15, -0.1) is 0 Å². The van der Waals surface area contributed by atoms with Crippen molar-refractivity contribution < 1.29 is 14.7 Å². The van der Waals surface area contributed by atoms with Gasteiger partial charge in [-0.3, -0.25) is 9.48 Å². The van der Waals surface area contributed by atoms with Crippen LogP contribution in [-0.2, 0) is 13.5 Å². The van der Waals surface area contributed by atoms with Crippen molar-refractivity contribution in [2.75, 3.05) is 0 Å². The lowest BCUT2D eigenvalue weighted by atomic mass is 9.92. The van der Waals surface area contributed by atoms with Crippen LogP contribution in [0, 0.1) is 0 Å². The van der Waals surface area contributed by atoms with Gasteiger partial charge in [0.2, 0.25) is 0 Å². The zero-order chi connectivity index (χ0) is 15.7. The van der Waals surface area contributed by atoms with E-state index in [-0.39, 0.29) is 23.1 Å². The number of carbonyl (C=O) groups excluding carboxylic acids is 1. The maximum absolute atomic E-state index is 12.5. The minimum absolute atomic E-state index is 0.0159. The number of hydrogen-bond acceptors (Lipinski definition) is 3. The number of aryl methyl sites for hydroxylation is 1. The molecule has 0 fully saturated rings. The van der Waals surface area contributed by atoms with E-state index in [1.807, 2.05) is 11.7 Å². The van der Waals surface area contributed by atoms with Crippen LogP contribution in [0.2, 0.25) is 0 Å². The maximum atomic E-state index is 12.5. The third kappa shape index (κ3) is 2.47. The Labute approximate surface area is 127 Å². The van der Waals surface area contributed by atoms with Gasteiger partial charge < -0.3 is 10.4 Å². The van der Waals surface area contributed by atoms with Crippen LogP contribution >= 0.6 is 0 Å². The average Bonchev–Trinajstić information content (AvgIpc) is 2.90. The Hall–Kier alpha value is -2.63. The van der Waals surface area contributed by atoms with Crippen LogP contribution in [0.4, 0.5) is 0 Å². The fraction of sp³-hybridized carbons (Fsp3) is 0.312. The van der Waals surface area contributed by atoms with Gasteiger partial charge in [-0.2, -0.15) is 5.10 Å². The third-order valence-electron chi connectivity index (χ3n) is 4.08. The number of aromatic carboxylic acids is 1. The van der Waals surface area contributed by atoms with Crippen LogP contribution in [0.25, 0.3) is 0 Å². The molecule has 114 valence electrons. The molecule has 1 aromatic heterocycles. The van der Waals surface area contributed by atoms with Gasteiger partial charge in [-0.1, -0.05) is 12.1 Å². The molecule has 0 bridgehead atoms. The van der Waals surface area contributed by atoms with Gasteiger partial charge in [0, 0.05) is 18.3 Å². The lowest BCUT2D eigenvalue weighted by molar-refractivity contribution is 0.0690. The Morgan fingerprint density at radius 2 is 2.05 bits per heavy atom. The van der Waals surface area contributed by atoms with Crippen molar-refractivity contribution in [1.29, 1.82) is 0 Å². The van der Waals surface area contributed by atoms with Crippen molar-refractivity contribution >= 4 is 11.9 Å². The molecule has 6 heteroatoms. The fourth-order valence-corrected chi connectivity index (χ4v) is 2.96. The summed E-state index contributed by atoms with van der Waals surface area (Å²) in [5.74, 6) is -1.46. The van der Waals surface area contributed by atoms with E-state index in [1.54, 1.807) is 18.3 Å². The maximum Gasteiger partial charge on any atom is 0.336 e. The highest BCUT2D eigenvalue weighted by molar-refractivity contribution is 6.04. The van der Waals surface area contributed by atoms with Crippen LogP contribution < -0.4 is 5.32 Å². The van der Waals surface area contributed by atoms with Gasteiger partial charge in [0.15, 0.2) is 0 Å². The van der Waals surface area contributed by atoms with E-state index in [0.717, 1.165) is 30.5 Å². The van der Waals surface area contributed by atoms with Crippen molar-refractivity contribution in [3.05, 3.63) is 52.8 Å². The summed E-state index contributed by atoms with van der Waals surface area (Å²) in [6.45, 7) is 0. The molecule has 6 nitrogen and oxygen atoms in total. The Morgan fingerprint density at radius 3 is 2.77 bits per heavy atom. The zero-order valence-corrected chi connectivity index (χ0v) is 12.2. The van der Waals surface area contributed by atoms with Crippen LogP contribution in [0.15, 0.2) is 30.5 Å². The van der Waals surface area contributed by atoms with Crippen molar-refractivity contribution in [2.45, 2.75) is 25.3 Å². The summed E-state index contributed by atoms with van der Waals surface area (Å²) in [5.41, 5.74) is 2.35. The van der Waals surface area contributed by atoms with E-state index in [9.17, 15) is 14.7 Å². The van der Waals surface area contributed by atoms with E-state index >= 15 is 0 Å². The molecule has 1 heterocycles. The molecule has 0 saturated carbocycles. The number of carboxylic acids is 1. The van der Waals surface area contributed by atoms with E-state index < -0.39 is 5.97 Å². The molecule has 1 aliphatic carbocycles. The largest absolute Gasteiger partial charge is 0.478 e. The summed E-state index contributed by atoms with van der Waals surface area (Å²) >= 11 is 0. The third-order valence-corrected chi connectivity index (χ3v) is 4.08. The van der Waals surface area contributed by atoms with Gasteiger partial charge in [-0.25, -0.2) is 4.79 Å². The summed E-state index contributed by atoms with van der Waals surface area (Å²) in [6.07, 6.45) is 4.53. The first kappa shape index (κ1) is 14.3. The molecule has 2 aromatic rings. The molecular formula is C16H17N3O3. The summed E-state index contributed by atoms with van der Waals surface area (Å²) in [4.78, 5) is 23.7. The number of carbonyl (C=O) groups is 2. The second kappa shape index (κ2) is 5.63. The molecule has 1 aromatic carbocycles. The first-order chi connectivity index (χ1) is 10.6. The van der Waals surface area contributed by atoms with Crippen LogP contribution in [0.3, 0.4) is 0 Å². The molecule has 0 aliphatic heterocycles. The number of nitrogens with zero attached hydrogens (tertiary/aromatic N) is 2. The zero-order valence-electron chi connectivity index (χ0n) is 12.2. The first-order valence-corrected chi connectivity index (χ1v) is 7.22. The van der Waals surface area contributed by atoms with E-state index in [1.165, 1.54) is 12.1 Å². The van der Waals surface area contributed by atoms with Crippen LogP contribution in [0.5, 0.6) is 0 Å². The van der Waals surface area contributed by atoms with Gasteiger partial charge in [0.25, 0.3) is 5.91 Å². The summed E-state index contributed by atoms with van der Waals surface area (Å²) in [6, 6.07) is 6.13. The Balaban J connectivity index is 1.86. The molecule has 0 spiro atoms. The van der Waals surface area contributed by atoms with Gasteiger partial charge in [0.1, 0.15) is 0 Å². The van der Waals surface area contributed by atoms with Gasteiger partial charge >= 0.3 is 5.97 Å². The molecule has 22 heavy (non-hydrogen) atoms. The molecule has 1 amide bonds. The normalized spacial score (nSPS) is 16.9. The molecule has 0 saturated heterocycles. The van der Waals surface area contributed by atoms with Gasteiger partial charge in [-0.05, 0) is 31.4 Å². The number of nitrogens with one attached hydrogen (secondary N) is 1. The van der Waals surface area contributed by atoms with Crippen molar-refractivity contribution in [2.24, 2.45) is 7.05 Å². The lowest BCUT2D eigenvalue weighted by Crippen LogP contribution is -2.32. The molecule has 1 atom stereocenters. The predicted octanol–water partition coefficient (Wildman–Crippen LogP) is 1.93. The number of benzene rings is 1. The van der Waals surface area contributed by atoms with Gasteiger partial charge in [0.05, 0.1) is 23.4 Å². The van der Waals surface area contributed by atoms with E-state index in [4.69, 9.17) is 0 Å². The topological polar surface area (TPSA) is 84.2 Å². The Kier molecular flexibility index (Phi) is 3.66. The van der Waals surface area contributed by atoms with E-state index in [2.05, 4.69) is 10.4 Å². The SMILES string of the molecule is Cn1ncc2c1CCC[C@H]2NC(=O)c1ccccc1C(=O)O. The molecule has 2 N–H and O–H groups in total. The molecular weight excluding hydrogens is 282 g/mol. The highest BCUT2D eigenvalue weighted by Crippen LogP contribution is 2.29. The quantitative estimate of drug-likeness (QED) is 0.907. The smallest absolute Gasteiger partial charge is 0.336 e. The first-order valence-electron chi connectivity index (χ1n) is 7.22. The van der Waals surface area contributed by atoms with Crippen LogP contribution in [-0.4, -0.2) is 26.8 Å². The van der Waals surface area contributed by atoms with Crippen molar-refractivity contribution in [1.82, 2.24) is 15.1 Å². The highest BCUT2D eigenvalue weighted by atomic mass is 16.4. The lowest BCUT2D eigenvalue weighted by Gasteiger charge is -2.24. The molecule has 0 radical (unpaired) electrons. The summed E-state index contributed by atoms with van der Waals surface area (Å²) < 4.78 is 1.83. The Bertz CT molecular complexity index is 736. The minimum atomic E-state index is -1.10. The second-order valence-electron chi connectivity index (χ2n) is 5.44. The number of aromatic nitrogens is 2. The van der Waals surface area contributed by atoms with Crippen molar-refractivity contribution in [3.63, 3.8) is 0 Å². The number of amides is 1. The fourth-order valence-electron chi connectivity index (χ4n) is 2.96. The van der Waals surface area contributed by atoms with Crippen molar-refractivity contribution in [3.8, 4) is 0 Å². The number of rotatable bonds is 3. The standard InChI is InChI=1S/C16H17N3O3/c1-19-14-8-4-7-13(12(14)9-17-19)18-15(20)10-5-2-3-6-11(10)16(21)22/h2-3,5-6,9,13H,4,7-8H2,1H3,(H,18,20)(H,21,22)/t13-/m1/s1. The summed E-state index contributed by atoms with van der Waals surface area (Å²) in [5, 5.41) is 16.4. The minimum Gasteiger partial charge on any atom is -0.478 e. The average molecular weight is 299 g/mol. The Morgan fingerprint density at radius 1 is 1.32 bits per heavy atom. The number of hydrogen-bond donors (Lipinski definition) is 2. The molecule has 0 unspecified atom stereocenters. The predicted molar refractivity (Wildman–Crippen MR) is 79.8 cm³/mol.